The number of amides is 1. The van der Waals surface area contributed by atoms with E-state index in [4.69, 9.17) is 9.57 Å². The van der Waals surface area contributed by atoms with Gasteiger partial charge in [-0.05, 0) is 46.5 Å². The van der Waals surface area contributed by atoms with Gasteiger partial charge in [0.25, 0.3) is 0 Å². The first kappa shape index (κ1) is 17.4. The molecule has 0 aliphatic carbocycles. The molecule has 0 spiro atoms. The standard InChI is InChI=1S/C14H28N2O4/c1-10(17)15-20-12(9-19-6)11-7-13(2,3)16(18)14(4,5)8-11/h11-12,18H,7-9H2,1-6H3,(H,15,17). The Labute approximate surface area is 121 Å². The second-order valence-electron chi connectivity index (χ2n) is 6.87. The minimum absolute atomic E-state index is 0.190. The molecule has 0 aromatic carbocycles. The van der Waals surface area contributed by atoms with Crippen molar-refractivity contribution in [2.45, 2.75) is 64.6 Å². The lowest BCUT2D eigenvalue weighted by Gasteiger charge is -2.52. The van der Waals surface area contributed by atoms with Gasteiger partial charge in [-0.25, -0.2) is 5.48 Å². The Balaban J connectivity index is 2.82. The van der Waals surface area contributed by atoms with E-state index in [0.29, 0.717) is 6.61 Å². The van der Waals surface area contributed by atoms with E-state index < -0.39 is 0 Å². The summed E-state index contributed by atoms with van der Waals surface area (Å²) in [6.07, 6.45) is 1.30. The molecule has 1 atom stereocenters. The van der Waals surface area contributed by atoms with Crippen LogP contribution in [0.4, 0.5) is 0 Å². The Kier molecular flexibility index (Phi) is 5.54. The molecule has 20 heavy (non-hydrogen) atoms. The highest BCUT2D eigenvalue weighted by Crippen LogP contribution is 2.41. The van der Waals surface area contributed by atoms with E-state index in [1.54, 1.807) is 7.11 Å². The smallest absolute Gasteiger partial charge is 0.240 e. The number of nitrogens with zero attached hydrogens (tertiary/aromatic N) is 1. The Morgan fingerprint density at radius 2 is 1.85 bits per heavy atom. The third kappa shape index (κ3) is 4.15. The minimum Gasteiger partial charge on any atom is -0.382 e. The van der Waals surface area contributed by atoms with Gasteiger partial charge in [0.05, 0.1) is 6.61 Å². The van der Waals surface area contributed by atoms with Gasteiger partial charge < -0.3 is 9.94 Å². The van der Waals surface area contributed by atoms with E-state index in [1.807, 2.05) is 27.7 Å². The summed E-state index contributed by atoms with van der Waals surface area (Å²) in [5.74, 6) is -0.0422. The SMILES string of the molecule is COCC(ONC(C)=O)C1CC(C)(C)N(O)C(C)(C)C1. The molecule has 0 bridgehead atoms. The molecule has 6 nitrogen and oxygen atoms in total. The summed E-state index contributed by atoms with van der Waals surface area (Å²) in [5.41, 5.74) is 1.70. The quantitative estimate of drug-likeness (QED) is 0.754. The van der Waals surface area contributed by atoms with Crippen molar-refractivity contribution in [1.82, 2.24) is 10.5 Å². The lowest BCUT2D eigenvalue weighted by molar-refractivity contribution is -0.261. The lowest BCUT2D eigenvalue weighted by Crippen LogP contribution is -2.61. The van der Waals surface area contributed by atoms with Gasteiger partial charge in [-0.2, -0.15) is 5.06 Å². The van der Waals surface area contributed by atoms with Crippen molar-refractivity contribution in [1.29, 1.82) is 0 Å². The van der Waals surface area contributed by atoms with Gasteiger partial charge in [0.15, 0.2) is 0 Å². The maximum Gasteiger partial charge on any atom is 0.240 e. The van der Waals surface area contributed by atoms with E-state index in [0.717, 1.165) is 12.8 Å². The van der Waals surface area contributed by atoms with Crippen molar-refractivity contribution in [3.63, 3.8) is 0 Å². The number of rotatable bonds is 5. The first-order valence-electron chi connectivity index (χ1n) is 7.00. The highest BCUT2D eigenvalue weighted by Gasteiger charge is 2.47. The predicted molar refractivity (Wildman–Crippen MR) is 75.1 cm³/mol. The molecule has 118 valence electrons. The number of piperidine rings is 1. The summed E-state index contributed by atoms with van der Waals surface area (Å²) < 4.78 is 5.20. The number of carbonyl (C=O) groups excluding carboxylic acids is 1. The van der Waals surface area contributed by atoms with E-state index in [2.05, 4.69) is 5.48 Å². The molecular weight excluding hydrogens is 260 g/mol. The third-order valence-electron chi connectivity index (χ3n) is 3.88. The summed E-state index contributed by atoms with van der Waals surface area (Å²) in [6, 6.07) is 0. The largest absolute Gasteiger partial charge is 0.382 e. The maximum atomic E-state index is 11.0. The van der Waals surface area contributed by atoms with Crippen LogP contribution >= 0.6 is 0 Å². The van der Waals surface area contributed by atoms with Crippen molar-refractivity contribution >= 4 is 5.91 Å². The topological polar surface area (TPSA) is 71.0 Å². The molecule has 2 N–H and O–H groups in total. The summed E-state index contributed by atoms with van der Waals surface area (Å²) in [6.45, 7) is 9.83. The second-order valence-corrected chi connectivity index (χ2v) is 6.87. The monoisotopic (exact) mass is 288 g/mol. The summed E-state index contributed by atoms with van der Waals surface area (Å²) in [7, 11) is 1.61. The Bertz CT molecular complexity index is 326. The highest BCUT2D eigenvalue weighted by molar-refractivity contribution is 5.71. The van der Waals surface area contributed by atoms with Gasteiger partial charge in [-0.1, -0.05) is 0 Å². The summed E-state index contributed by atoms with van der Waals surface area (Å²) in [4.78, 5) is 16.5. The van der Waals surface area contributed by atoms with Crippen molar-refractivity contribution in [2.75, 3.05) is 13.7 Å². The molecule has 0 radical (unpaired) electrons. The van der Waals surface area contributed by atoms with Crippen LogP contribution in [0.3, 0.4) is 0 Å². The summed E-state index contributed by atoms with van der Waals surface area (Å²) >= 11 is 0. The predicted octanol–water partition coefficient (Wildman–Crippen LogP) is 1.73. The number of methoxy groups -OCH3 is 1. The lowest BCUT2D eigenvalue weighted by atomic mass is 9.73. The van der Waals surface area contributed by atoms with Crippen molar-refractivity contribution in [2.24, 2.45) is 5.92 Å². The fourth-order valence-corrected chi connectivity index (χ4v) is 3.20. The first-order chi connectivity index (χ1) is 9.10. The molecule has 1 rings (SSSR count). The molecule has 0 saturated carbocycles. The molecule has 0 aromatic heterocycles. The van der Waals surface area contributed by atoms with Crippen LogP contribution in [0.5, 0.6) is 0 Å². The zero-order valence-corrected chi connectivity index (χ0v) is 13.4. The maximum absolute atomic E-state index is 11.0. The zero-order valence-electron chi connectivity index (χ0n) is 13.4. The molecular formula is C14H28N2O4. The molecule has 1 aliphatic heterocycles. The number of hydrogen-bond acceptors (Lipinski definition) is 5. The van der Waals surface area contributed by atoms with Gasteiger partial charge in [0.2, 0.25) is 5.91 Å². The first-order valence-corrected chi connectivity index (χ1v) is 7.00. The van der Waals surface area contributed by atoms with Crippen molar-refractivity contribution in [3.05, 3.63) is 0 Å². The van der Waals surface area contributed by atoms with Crippen LogP contribution in [0.25, 0.3) is 0 Å². The van der Waals surface area contributed by atoms with Crippen LogP contribution in [-0.2, 0) is 14.4 Å². The number of carbonyl (C=O) groups is 1. The molecule has 1 unspecified atom stereocenters. The Hall–Kier alpha value is -0.690. The Morgan fingerprint density at radius 1 is 1.35 bits per heavy atom. The number of hydrogen-bond donors (Lipinski definition) is 2. The van der Waals surface area contributed by atoms with E-state index in [1.165, 1.54) is 12.0 Å². The minimum atomic E-state index is -0.349. The number of ether oxygens (including phenoxy) is 1. The molecule has 1 fully saturated rings. The fraction of sp³-hybridized carbons (Fsp3) is 0.929. The van der Waals surface area contributed by atoms with E-state index >= 15 is 0 Å². The highest BCUT2D eigenvalue weighted by atomic mass is 16.7. The average molecular weight is 288 g/mol. The van der Waals surface area contributed by atoms with Gasteiger partial charge >= 0.3 is 0 Å². The fourth-order valence-electron chi connectivity index (χ4n) is 3.20. The number of nitrogens with one attached hydrogen (secondary N) is 1. The zero-order chi connectivity index (χ0) is 15.6. The van der Waals surface area contributed by atoms with Gasteiger partial charge in [0, 0.05) is 25.1 Å². The Morgan fingerprint density at radius 3 is 2.25 bits per heavy atom. The van der Waals surface area contributed by atoms with E-state index in [9.17, 15) is 10.0 Å². The van der Waals surface area contributed by atoms with E-state index in [-0.39, 0.29) is 29.0 Å². The van der Waals surface area contributed by atoms with Crippen LogP contribution in [-0.4, -0.2) is 47.1 Å². The third-order valence-corrected chi connectivity index (χ3v) is 3.88. The van der Waals surface area contributed by atoms with Crippen LogP contribution in [0.15, 0.2) is 0 Å². The molecule has 6 heteroatoms. The molecule has 1 aliphatic rings. The number of hydroxylamine groups is 3. The average Bonchev–Trinajstić information content (AvgIpc) is 2.30. The van der Waals surface area contributed by atoms with Gasteiger partial charge in [-0.3, -0.25) is 9.63 Å². The molecule has 0 aromatic rings. The van der Waals surface area contributed by atoms with Gasteiger partial charge in [0.1, 0.15) is 6.10 Å². The molecule has 1 amide bonds. The molecule has 1 saturated heterocycles. The van der Waals surface area contributed by atoms with Crippen LogP contribution in [0.1, 0.15) is 47.5 Å². The second kappa shape index (κ2) is 6.39. The van der Waals surface area contributed by atoms with Crippen molar-refractivity contribution < 1.29 is 19.6 Å². The van der Waals surface area contributed by atoms with Crippen LogP contribution < -0.4 is 5.48 Å². The normalized spacial score (nSPS) is 24.4. The van der Waals surface area contributed by atoms with Crippen molar-refractivity contribution in [3.8, 4) is 0 Å². The van der Waals surface area contributed by atoms with Gasteiger partial charge in [-0.15, -0.1) is 0 Å². The summed E-state index contributed by atoms with van der Waals surface area (Å²) in [5, 5.41) is 11.7. The molecule has 1 heterocycles. The van der Waals surface area contributed by atoms with Crippen LogP contribution in [0.2, 0.25) is 0 Å². The van der Waals surface area contributed by atoms with Crippen LogP contribution in [0, 0.1) is 5.92 Å².